The van der Waals surface area contributed by atoms with Crippen LogP contribution in [-0.2, 0) is 6.54 Å². The quantitative estimate of drug-likeness (QED) is 0.808. The largest absolute Gasteiger partial charge is 0.399 e. The first-order valence-electron chi connectivity index (χ1n) is 5.62. The highest BCUT2D eigenvalue weighted by molar-refractivity contribution is 5.95. The SMILES string of the molecule is Cc1cc(N)cc(C(=O)NCc2cc(C)on2)c1. The summed E-state index contributed by atoms with van der Waals surface area (Å²) in [5, 5.41) is 6.57. The van der Waals surface area contributed by atoms with Crippen LogP contribution in [0.1, 0.15) is 27.4 Å². The van der Waals surface area contributed by atoms with Gasteiger partial charge in [-0.25, -0.2) is 0 Å². The molecule has 0 fully saturated rings. The van der Waals surface area contributed by atoms with Crippen molar-refractivity contribution < 1.29 is 9.32 Å². The maximum atomic E-state index is 11.9. The number of anilines is 1. The lowest BCUT2D eigenvalue weighted by atomic mass is 10.1. The van der Waals surface area contributed by atoms with E-state index < -0.39 is 0 Å². The van der Waals surface area contributed by atoms with Crippen LogP contribution in [0.15, 0.2) is 28.8 Å². The summed E-state index contributed by atoms with van der Waals surface area (Å²) in [4.78, 5) is 11.9. The number of rotatable bonds is 3. The fraction of sp³-hybridized carbons (Fsp3) is 0.231. The van der Waals surface area contributed by atoms with Crippen molar-refractivity contribution in [2.24, 2.45) is 0 Å². The summed E-state index contributed by atoms with van der Waals surface area (Å²) < 4.78 is 4.92. The lowest BCUT2D eigenvalue weighted by Gasteiger charge is -2.05. The summed E-state index contributed by atoms with van der Waals surface area (Å²) in [5.74, 6) is 0.546. The first-order valence-corrected chi connectivity index (χ1v) is 5.62. The lowest BCUT2D eigenvalue weighted by Crippen LogP contribution is -2.23. The molecule has 94 valence electrons. The maximum Gasteiger partial charge on any atom is 0.251 e. The van der Waals surface area contributed by atoms with E-state index in [2.05, 4.69) is 10.5 Å². The molecule has 5 heteroatoms. The van der Waals surface area contributed by atoms with Gasteiger partial charge in [0.1, 0.15) is 11.5 Å². The zero-order valence-corrected chi connectivity index (χ0v) is 10.4. The maximum absolute atomic E-state index is 11.9. The summed E-state index contributed by atoms with van der Waals surface area (Å²) in [6, 6.07) is 7.04. The Morgan fingerprint density at radius 3 is 2.72 bits per heavy atom. The van der Waals surface area contributed by atoms with Crippen molar-refractivity contribution >= 4 is 11.6 Å². The number of aryl methyl sites for hydroxylation is 2. The van der Waals surface area contributed by atoms with E-state index in [4.69, 9.17) is 10.3 Å². The lowest BCUT2D eigenvalue weighted by molar-refractivity contribution is 0.0950. The monoisotopic (exact) mass is 245 g/mol. The summed E-state index contributed by atoms with van der Waals surface area (Å²) in [6.45, 7) is 4.04. The number of amides is 1. The Morgan fingerprint density at radius 2 is 2.11 bits per heavy atom. The molecule has 1 aromatic carbocycles. The van der Waals surface area contributed by atoms with E-state index in [1.807, 2.05) is 13.0 Å². The second kappa shape index (κ2) is 4.91. The fourth-order valence-electron chi connectivity index (χ4n) is 1.72. The van der Waals surface area contributed by atoms with Crippen molar-refractivity contribution in [1.82, 2.24) is 10.5 Å². The van der Waals surface area contributed by atoms with Gasteiger partial charge >= 0.3 is 0 Å². The van der Waals surface area contributed by atoms with Gasteiger partial charge in [0.15, 0.2) is 0 Å². The Labute approximate surface area is 105 Å². The summed E-state index contributed by atoms with van der Waals surface area (Å²) in [5.41, 5.74) is 8.48. The van der Waals surface area contributed by atoms with Crippen molar-refractivity contribution in [3.63, 3.8) is 0 Å². The molecule has 1 amide bonds. The van der Waals surface area contributed by atoms with Crippen LogP contribution in [0.3, 0.4) is 0 Å². The van der Waals surface area contributed by atoms with E-state index in [1.165, 1.54) is 0 Å². The Kier molecular flexibility index (Phi) is 3.32. The van der Waals surface area contributed by atoms with Crippen LogP contribution in [0.5, 0.6) is 0 Å². The molecule has 5 nitrogen and oxygen atoms in total. The Balaban J connectivity index is 2.03. The third kappa shape index (κ3) is 2.88. The average molecular weight is 245 g/mol. The van der Waals surface area contributed by atoms with Crippen LogP contribution in [0, 0.1) is 13.8 Å². The summed E-state index contributed by atoms with van der Waals surface area (Å²) in [6.07, 6.45) is 0. The Morgan fingerprint density at radius 1 is 1.33 bits per heavy atom. The first kappa shape index (κ1) is 12.2. The molecule has 0 aliphatic carbocycles. The standard InChI is InChI=1S/C13H15N3O2/c1-8-3-10(6-11(14)4-8)13(17)15-7-12-5-9(2)18-16-12/h3-6H,7,14H2,1-2H3,(H,15,17). The number of carbonyl (C=O) groups is 1. The summed E-state index contributed by atoms with van der Waals surface area (Å²) >= 11 is 0. The molecule has 0 bridgehead atoms. The molecular weight excluding hydrogens is 230 g/mol. The van der Waals surface area contributed by atoms with Crippen LogP contribution < -0.4 is 11.1 Å². The topological polar surface area (TPSA) is 81.2 Å². The molecule has 0 aliphatic heterocycles. The number of nitrogens with one attached hydrogen (secondary N) is 1. The third-order valence-electron chi connectivity index (χ3n) is 2.47. The minimum atomic E-state index is -0.175. The highest BCUT2D eigenvalue weighted by atomic mass is 16.5. The van der Waals surface area contributed by atoms with Gasteiger partial charge in [0.05, 0.1) is 6.54 Å². The van der Waals surface area contributed by atoms with Crippen molar-refractivity contribution in [3.8, 4) is 0 Å². The van der Waals surface area contributed by atoms with Gasteiger partial charge in [0.2, 0.25) is 0 Å². The van der Waals surface area contributed by atoms with Gasteiger partial charge in [0.25, 0.3) is 5.91 Å². The summed E-state index contributed by atoms with van der Waals surface area (Å²) in [7, 11) is 0. The smallest absolute Gasteiger partial charge is 0.251 e. The molecule has 2 rings (SSSR count). The molecule has 0 spiro atoms. The zero-order valence-electron chi connectivity index (χ0n) is 10.4. The zero-order chi connectivity index (χ0) is 13.1. The van der Waals surface area contributed by atoms with E-state index >= 15 is 0 Å². The van der Waals surface area contributed by atoms with Gasteiger partial charge < -0.3 is 15.6 Å². The number of hydrogen-bond donors (Lipinski definition) is 2. The minimum Gasteiger partial charge on any atom is -0.399 e. The molecule has 0 aliphatic rings. The normalized spacial score (nSPS) is 10.3. The molecule has 2 aromatic rings. The molecule has 1 aromatic heterocycles. The molecule has 0 saturated carbocycles. The number of benzene rings is 1. The van der Waals surface area contributed by atoms with Crippen LogP contribution in [0.4, 0.5) is 5.69 Å². The van der Waals surface area contributed by atoms with Gasteiger partial charge in [-0.1, -0.05) is 5.16 Å². The van der Waals surface area contributed by atoms with Crippen LogP contribution in [0.2, 0.25) is 0 Å². The molecule has 1 heterocycles. The van der Waals surface area contributed by atoms with Crippen molar-refractivity contribution in [2.45, 2.75) is 20.4 Å². The predicted molar refractivity (Wildman–Crippen MR) is 68.0 cm³/mol. The highest BCUT2D eigenvalue weighted by Crippen LogP contribution is 2.11. The molecule has 0 saturated heterocycles. The van der Waals surface area contributed by atoms with Crippen molar-refractivity contribution in [3.05, 3.63) is 46.8 Å². The first-order chi connectivity index (χ1) is 8.54. The second-order valence-corrected chi connectivity index (χ2v) is 4.24. The van der Waals surface area contributed by atoms with Gasteiger partial charge in [-0.2, -0.15) is 0 Å². The minimum absolute atomic E-state index is 0.175. The molecule has 3 N–H and O–H groups in total. The number of aromatic nitrogens is 1. The van der Waals surface area contributed by atoms with Crippen LogP contribution in [-0.4, -0.2) is 11.1 Å². The van der Waals surface area contributed by atoms with E-state index in [-0.39, 0.29) is 5.91 Å². The number of carbonyl (C=O) groups excluding carboxylic acids is 1. The predicted octanol–water partition coefficient (Wildman–Crippen LogP) is 1.80. The third-order valence-corrected chi connectivity index (χ3v) is 2.47. The van der Waals surface area contributed by atoms with E-state index in [0.717, 1.165) is 11.3 Å². The number of nitrogens with two attached hydrogens (primary N) is 1. The fourth-order valence-corrected chi connectivity index (χ4v) is 1.72. The highest BCUT2D eigenvalue weighted by Gasteiger charge is 2.08. The average Bonchev–Trinajstić information content (AvgIpc) is 2.70. The number of hydrogen-bond acceptors (Lipinski definition) is 4. The second-order valence-electron chi connectivity index (χ2n) is 4.24. The molecular formula is C13H15N3O2. The van der Waals surface area contributed by atoms with Gasteiger partial charge in [-0.15, -0.1) is 0 Å². The van der Waals surface area contributed by atoms with Crippen LogP contribution in [0.25, 0.3) is 0 Å². The van der Waals surface area contributed by atoms with Gasteiger partial charge in [0, 0.05) is 17.3 Å². The van der Waals surface area contributed by atoms with E-state index in [9.17, 15) is 4.79 Å². The van der Waals surface area contributed by atoms with E-state index in [0.29, 0.717) is 23.5 Å². The van der Waals surface area contributed by atoms with Crippen LogP contribution >= 0.6 is 0 Å². The van der Waals surface area contributed by atoms with Crippen molar-refractivity contribution in [1.29, 1.82) is 0 Å². The number of nitrogen functional groups attached to an aromatic ring is 1. The Bertz CT molecular complexity index is 555. The molecule has 18 heavy (non-hydrogen) atoms. The van der Waals surface area contributed by atoms with Crippen molar-refractivity contribution in [2.75, 3.05) is 5.73 Å². The Hall–Kier alpha value is -2.30. The molecule has 0 radical (unpaired) electrons. The van der Waals surface area contributed by atoms with E-state index in [1.54, 1.807) is 25.1 Å². The number of nitrogens with zero attached hydrogens (tertiary/aromatic N) is 1. The molecule has 0 unspecified atom stereocenters. The van der Waals surface area contributed by atoms with Gasteiger partial charge in [-0.3, -0.25) is 4.79 Å². The van der Waals surface area contributed by atoms with Gasteiger partial charge in [-0.05, 0) is 37.6 Å². The molecule has 0 atom stereocenters.